The molecule has 1 aromatic heterocycles. The molecule has 0 atom stereocenters. The predicted molar refractivity (Wildman–Crippen MR) is 105 cm³/mol. The summed E-state index contributed by atoms with van der Waals surface area (Å²) < 4.78 is 5.08. The molecule has 25 heavy (non-hydrogen) atoms. The molecule has 0 amide bonds. The van der Waals surface area contributed by atoms with Gasteiger partial charge in [-0.2, -0.15) is 0 Å². The first kappa shape index (κ1) is 20.1. The fourth-order valence-corrected chi connectivity index (χ4v) is 3.71. The van der Waals surface area contributed by atoms with Crippen LogP contribution in [0.1, 0.15) is 37.4 Å². The molecule has 1 saturated heterocycles. The maximum absolute atomic E-state index is 5.08. The third-order valence-corrected chi connectivity index (χ3v) is 5.49. The van der Waals surface area contributed by atoms with Gasteiger partial charge >= 0.3 is 0 Å². The molecule has 0 bridgehead atoms. The molecule has 0 aliphatic carbocycles. The molecule has 0 radical (unpaired) electrons. The first-order valence-corrected chi connectivity index (χ1v) is 10.3. The van der Waals surface area contributed by atoms with Gasteiger partial charge in [-0.05, 0) is 45.2 Å². The number of hydrogen-bond acceptors (Lipinski definition) is 5. The van der Waals surface area contributed by atoms with Crippen LogP contribution in [0.2, 0.25) is 0 Å². The predicted octanol–water partition coefficient (Wildman–Crippen LogP) is 2.12. The Morgan fingerprint density at radius 3 is 2.80 bits per heavy atom. The van der Waals surface area contributed by atoms with E-state index < -0.39 is 0 Å². The van der Waals surface area contributed by atoms with Crippen molar-refractivity contribution in [1.29, 1.82) is 0 Å². The molecule has 6 nitrogen and oxygen atoms in total. The van der Waals surface area contributed by atoms with Crippen LogP contribution >= 0.6 is 11.3 Å². The highest BCUT2D eigenvalue weighted by atomic mass is 32.1. The molecule has 1 aromatic rings. The molecular formula is C18H33N5OS. The summed E-state index contributed by atoms with van der Waals surface area (Å²) in [6.45, 7) is 10.8. The summed E-state index contributed by atoms with van der Waals surface area (Å²) >= 11 is 1.78. The Hall–Kier alpha value is -1.18. The molecule has 0 unspecified atom stereocenters. The number of aliphatic imine (C=N–C) groups is 1. The van der Waals surface area contributed by atoms with Crippen molar-refractivity contribution in [3.8, 4) is 0 Å². The Morgan fingerprint density at radius 1 is 1.36 bits per heavy atom. The van der Waals surface area contributed by atoms with E-state index in [2.05, 4.69) is 39.7 Å². The summed E-state index contributed by atoms with van der Waals surface area (Å²) in [5.74, 6) is 1.58. The Morgan fingerprint density at radius 2 is 2.16 bits per heavy atom. The first-order valence-electron chi connectivity index (χ1n) is 9.41. The Kier molecular flexibility index (Phi) is 9.21. The Balaban J connectivity index is 1.72. The molecule has 1 aliphatic rings. The van der Waals surface area contributed by atoms with Crippen molar-refractivity contribution in [1.82, 2.24) is 20.5 Å². The summed E-state index contributed by atoms with van der Waals surface area (Å²) in [4.78, 5) is 12.0. The second-order valence-electron chi connectivity index (χ2n) is 6.44. The number of nitrogens with one attached hydrogen (secondary N) is 2. The topological polar surface area (TPSA) is 61.8 Å². The van der Waals surface area contributed by atoms with Crippen LogP contribution in [0.3, 0.4) is 0 Å². The summed E-state index contributed by atoms with van der Waals surface area (Å²) in [5.41, 5.74) is 1.23. The van der Waals surface area contributed by atoms with E-state index in [0.29, 0.717) is 12.5 Å². The van der Waals surface area contributed by atoms with E-state index in [0.717, 1.165) is 51.6 Å². The van der Waals surface area contributed by atoms with Crippen molar-refractivity contribution >= 4 is 17.3 Å². The molecule has 2 rings (SSSR count). The van der Waals surface area contributed by atoms with Crippen molar-refractivity contribution in [2.24, 2.45) is 10.9 Å². The van der Waals surface area contributed by atoms with E-state index in [1.807, 2.05) is 0 Å². The lowest BCUT2D eigenvalue weighted by Crippen LogP contribution is -2.40. The van der Waals surface area contributed by atoms with Gasteiger partial charge in [-0.25, -0.2) is 4.98 Å². The second kappa shape index (κ2) is 11.4. The van der Waals surface area contributed by atoms with Crippen molar-refractivity contribution in [2.45, 2.75) is 39.7 Å². The maximum atomic E-state index is 5.08. The third-order valence-electron chi connectivity index (χ3n) is 4.44. The van der Waals surface area contributed by atoms with E-state index in [4.69, 9.17) is 9.73 Å². The average Bonchev–Trinajstić information content (AvgIpc) is 3.08. The van der Waals surface area contributed by atoms with E-state index >= 15 is 0 Å². The summed E-state index contributed by atoms with van der Waals surface area (Å²) in [6, 6.07) is 0. The molecule has 142 valence electrons. The minimum Gasteiger partial charge on any atom is -0.383 e. The summed E-state index contributed by atoms with van der Waals surface area (Å²) in [6.07, 6.45) is 3.47. The fourth-order valence-electron chi connectivity index (χ4n) is 2.97. The lowest BCUT2D eigenvalue weighted by molar-refractivity contribution is 0.179. The second-order valence-corrected chi connectivity index (χ2v) is 7.39. The van der Waals surface area contributed by atoms with Gasteiger partial charge in [0.2, 0.25) is 0 Å². The number of aromatic nitrogens is 1. The molecule has 1 aliphatic heterocycles. The van der Waals surface area contributed by atoms with Gasteiger partial charge in [0, 0.05) is 38.7 Å². The third kappa shape index (κ3) is 7.30. The molecule has 0 aromatic carbocycles. The van der Waals surface area contributed by atoms with Gasteiger partial charge in [0.05, 0.1) is 17.3 Å². The smallest absolute Gasteiger partial charge is 0.191 e. The van der Waals surface area contributed by atoms with Crippen LogP contribution in [0, 0.1) is 5.92 Å². The van der Waals surface area contributed by atoms with Gasteiger partial charge < -0.3 is 15.4 Å². The van der Waals surface area contributed by atoms with Gasteiger partial charge in [0.15, 0.2) is 5.96 Å². The number of methoxy groups -OCH3 is 1. The lowest BCUT2D eigenvalue weighted by Gasteiger charge is -2.30. The van der Waals surface area contributed by atoms with Crippen LogP contribution in [0.4, 0.5) is 0 Å². The highest BCUT2D eigenvalue weighted by Gasteiger charge is 2.19. The first-order chi connectivity index (χ1) is 12.2. The minimum atomic E-state index is 0.677. The van der Waals surface area contributed by atoms with Gasteiger partial charge in [0.25, 0.3) is 0 Å². The highest BCUT2D eigenvalue weighted by molar-refractivity contribution is 7.09. The quantitative estimate of drug-likeness (QED) is 0.398. The number of guanidine groups is 1. The lowest BCUT2D eigenvalue weighted by atomic mass is 9.97. The summed E-state index contributed by atoms with van der Waals surface area (Å²) in [5, 5.41) is 10.1. The zero-order chi connectivity index (χ0) is 17.9. The Labute approximate surface area is 156 Å². The number of hydrogen-bond donors (Lipinski definition) is 2. The molecule has 0 spiro atoms. The van der Waals surface area contributed by atoms with Crippen LogP contribution in [0.5, 0.6) is 0 Å². The number of likely N-dealkylation sites (tertiary alicyclic amines) is 1. The van der Waals surface area contributed by atoms with Crippen LogP contribution in [0.25, 0.3) is 0 Å². The molecule has 2 heterocycles. The van der Waals surface area contributed by atoms with E-state index in [1.54, 1.807) is 18.4 Å². The number of ether oxygens (including phenoxy) is 1. The molecule has 2 N–H and O–H groups in total. The van der Waals surface area contributed by atoms with Crippen molar-refractivity contribution in [3.63, 3.8) is 0 Å². The van der Waals surface area contributed by atoms with Crippen molar-refractivity contribution < 1.29 is 4.74 Å². The fraction of sp³-hybridized carbons (Fsp3) is 0.778. The number of rotatable bonds is 9. The normalized spacial score (nSPS) is 17.0. The van der Waals surface area contributed by atoms with Gasteiger partial charge in [-0.3, -0.25) is 9.89 Å². The van der Waals surface area contributed by atoms with Crippen LogP contribution in [-0.4, -0.2) is 62.3 Å². The minimum absolute atomic E-state index is 0.677. The zero-order valence-electron chi connectivity index (χ0n) is 15.9. The van der Waals surface area contributed by atoms with Crippen LogP contribution in [0.15, 0.2) is 10.4 Å². The van der Waals surface area contributed by atoms with Gasteiger partial charge in [-0.1, -0.05) is 6.92 Å². The number of thiazole rings is 1. The van der Waals surface area contributed by atoms with Crippen LogP contribution < -0.4 is 10.6 Å². The number of nitrogens with zero attached hydrogens (tertiary/aromatic N) is 3. The average molecular weight is 368 g/mol. The number of piperidine rings is 1. The van der Waals surface area contributed by atoms with E-state index in [1.165, 1.54) is 23.5 Å². The van der Waals surface area contributed by atoms with E-state index in [-0.39, 0.29) is 0 Å². The number of aryl methyl sites for hydroxylation is 1. The van der Waals surface area contributed by atoms with Crippen molar-refractivity contribution in [2.75, 3.05) is 46.4 Å². The largest absolute Gasteiger partial charge is 0.383 e. The SMILES string of the molecule is CCNC(=NCC1CCN(Cc2csc(CC)n2)CC1)NCCOC. The Bertz CT molecular complexity index is 511. The maximum Gasteiger partial charge on any atom is 0.191 e. The monoisotopic (exact) mass is 367 g/mol. The zero-order valence-corrected chi connectivity index (χ0v) is 16.7. The summed E-state index contributed by atoms with van der Waals surface area (Å²) in [7, 11) is 1.72. The molecular weight excluding hydrogens is 334 g/mol. The van der Waals surface area contributed by atoms with E-state index in [9.17, 15) is 0 Å². The molecule has 0 saturated carbocycles. The highest BCUT2D eigenvalue weighted by Crippen LogP contribution is 2.20. The van der Waals surface area contributed by atoms with Crippen LogP contribution in [-0.2, 0) is 17.7 Å². The molecule has 1 fully saturated rings. The standard InChI is InChI=1S/C18H33N5OS/c1-4-17-22-16(14-25-17)13-23-9-6-15(7-10-23)12-21-18(19-5-2)20-8-11-24-3/h14-15H,4-13H2,1-3H3,(H2,19,20,21). The van der Waals surface area contributed by atoms with Gasteiger partial charge in [0.1, 0.15) is 0 Å². The van der Waals surface area contributed by atoms with Crippen molar-refractivity contribution in [3.05, 3.63) is 16.1 Å². The van der Waals surface area contributed by atoms with Gasteiger partial charge in [-0.15, -0.1) is 11.3 Å². The molecule has 7 heteroatoms.